The number of halogens is 1. The standard InChI is InChI=1S/C18H21ClN2O3S2/c19-15-8-6-14(7-9-15)16(26(23,24)17-5-4-12-25-17)13-20-18(22)21-10-2-1-3-11-21/h4-9,12,16H,1-3,10-11,13H2,(H,20,22)/t16-/m1/s1. The smallest absolute Gasteiger partial charge is 0.317 e. The highest BCUT2D eigenvalue weighted by Crippen LogP contribution is 2.31. The van der Waals surface area contributed by atoms with Crippen molar-refractivity contribution < 1.29 is 13.2 Å². The summed E-state index contributed by atoms with van der Waals surface area (Å²) in [6, 6.07) is 9.83. The van der Waals surface area contributed by atoms with E-state index in [0.717, 1.165) is 32.4 Å². The highest BCUT2D eigenvalue weighted by atomic mass is 35.5. The molecule has 140 valence electrons. The minimum Gasteiger partial charge on any atom is -0.336 e. The van der Waals surface area contributed by atoms with Crippen LogP contribution in [-0.2, 0) is 9.84 Å². The van der Waals surface area contributed by atoms with Crippen LogP contribution in [0.2, 0.25) is 5.02 Å². The summed E-state index contributed by atoms with van der Waals surface area (Å²) in [6.07, 6.45) is 3.10. The van der Waals surface area contributed by atoms with Crippen LogP contribution in [0.1, 0.15) is 30.1 Å². The third kappa shape index (κ3) is 4.39. The maximum Gasteiger partial charge on any atom is 0.317 e. The molecule has 2 amide bonds. The molecule has 1 aliphatic heterocycles. The van der Waals surface area contributed by atoms with Crippen LogP contribution in [-0.4, -0.2) is 39.0 Å². The van der Waals surface area contributed by atoms with Crippen LogP contribution in [0.25, 0.3) is 0 Å². The summed E-state index contributed by atoms with van der Waals surface area (Å²) in [5.41, 5.74) is 0.613. The highest BCUT2D eigenvalue weighted by molar-refractivity contribution is 7.93. The number of nitrogens with one attached hydrogen (secondary N) is 1. The number of thiophene rings is 1. The number of likely N-dealkylation sites (tertiary alicyclic amines) is 1. The number of rotatable bonds is 5. The van der Waals surface area contributed by atoms with Gasteiger partial charge in [-0.25, -0.2) is 13.2 Å². The first kappa shape index (κ1) is 19.2. The molecule has 8 heteroatoms. The highest BCUT2D eigenvalue weighted by Gasteiger charge is 2.31. The first-order chi connectivity index (χ1) is 12.5. The SMILES string of the molecule is O=C(NC[C@H](c1ccc(Cl)cc1)S(=O)(=O)c1cccs1)N1CCCCC1. The fourth-order valence-corrected chi connectivity index (χ4v) is 6.03. The van der Waals surface area contributed by atoms with Crippen molar-refractivity contribution in [1.82, 2.24) is 10.2 Å². The van der Waals surface area contributed by atoms with Gasteiger partial charge in [0.1, 0.15) is 9.46 Å². The number of nitrogens with zero attached hydrogens (tertiary/aromatic N) is 1. The molecule has 1 atom stereocenters. The van der Waals surface area contributed by atoms with E-state index in [2.05, 4.69) is 5.32 Å². The summed E-state index contributed by atoms with van der Waals surface area (Å²) < 4.78 is 26.5. The molecule has 3 rings (SSSR count). The Hall–Kier alpha value is -1.57. The topological polar surface area (TPSA) is 66.5 Å². The molecule has 1 fully saturated rings. The van der Waals surface area contributed by atoms with E-state index < -0.39 is 15.1 Å². The maximum atomic E-state index is 13.1. The molecule has 0 bridgehead atoms. The number of urea groups is 1. The second-order valence-electron chi connectivity index (χ2n) is 6.25. The average molecular weight is 413 g/mol. The third-order valence-corrected chi connectivity index (χ3v) is 8.26. The van der Waals surface area contributed by atoms with E-state index in [4.69, 9.17) is 11.6 Å². The predicted molar refractivity (Wildman–Crippen MR) is 105 cm³/mol. The third-order valence-electron chi connectivity index (χ3n) is 4.47. The van der Waals surface area contributed by atoms with E-state index in [9.17, 15) is 13.2 Å². The van der Waals surface area contributed by atoms with Crippen LogP contribution in [0.3, 0.4) is 0 Å². The molecule has 0 unspecified atom stereocenters. The molecule has 1 aromatic carbocycles. The molecule has 26 heavy (non-hydrogen) atoms. The fraction of sp³-hybridized carbons (Fsp3) is 0.389. The lowest BCUT2D eigenvalue weighted by Gasteiger charge is -2.28. The largest absolute Gasteiger partial charge is 0.336 e. The molecular formula is C18H21ClN2O3S2. The Bertz CT molecular complexity index is 830. The Morgan fingerprint density at radius 2 is 1.85 bits per heavy atom. The Labute approximate surface area is 162 Å². The van der Waals surface area contributed by atoms with E-state index in [-0.39, 0.29) is 12.6 Å². The van der Waals surface area contributed by atoms with Crippen molar-refractivity contribution in [1.29, 1.82) is 0 Å². The molecule has 5 nitrogen and oxygen atoms in total. The van der Waals surface area contributed by atoms with Crippen LogP contribution >= 0.6 is 22.9 Å². The second-order valence-corrected chi connectivity index (χ2v) is 9.99. The van der Waals surface area contributed by atoms with Gasteiger partial charge in [0, 0.05) is 24.7 Å². The minimum atomic E-state index is -3.61. The van der Waals surface area contributed by atoms with Crippen molar-refractivity contribution in [3.05, 3.63) is 52.4 Å². The molecule has 1 aromatic heterocycles. The molecule has 0 saturated carbocycles. The Kier molecular flexibility index (Phi) is 6.21. The molecular weight excluding hydrogens is 392 g/mol. The first-order valence-corrected chi connectivity index (χ1v) is 11.3. The van der Waals surface area contributed by atoms with Gasteiger partial charge in [-0.3, -0.25) is 0 Å². The molecule has 2 heterocycles. The zero-order valence-corrected chi connectivity index (χ0v) is 16.6. The summed E-state index contributed by atoms with van der Waals surface area (Å²) in [4.78, 5) is 14.2. The normalized spacial score (nSPS) is 16.3. The zero-order valence-electron chi connectivity index (χ0n) is 14.2. The van der Waals surface area contributed by atoms with Crippen molar-refractivity contribution in [2.24, 2.45) is 0 Å². The zero-order chi connectivity index (χ0) is 18.6. The maximum absolute atomic E-state index is 13.1. The number of carbonyl (C=O) groups excluding carboxylic acids is 1. The van der Waals surface area contributed by atoms with Gasteiger partial charge in [-0.05, 0) is 48.4 Å². The number of hydrogen-bond acceptors (Lipinski definition) is 4. The molecule has 2 aromatic rings. The quantitative estimate of drug-likeness (QED) is 0.803. The molecule has 0 radical (unpaired) electrons. The first-order valence-electron chi connectivity index (χ1n) is 8.54. The summed E-state index contributed by atoms with van der Waals surface area (Å²) in [5.74, 6) is 0. The van der Waals surface area contributed by atoms with Gasteiger partial charge in [0.2, 0.25) is 0 Å². The Balaban J connectivity index is 1.81. The lowest BCUT2D eigenvalue weighted by atomic mass is 10.1. The van der Waals surface area contributed by atoms with Gasteiger partial charge in [-0.1, -0.05) is 29.8 Å². The van der Waals surface area contributed by atoms with Crippen molar-refractivity contribution in [2.75, 3.05) is 19.6 Å². The average Bonchev–Trinajstić information content (AvgIpc) is 3.19. The number of amides is 2. The minimum absolute atomic E-state index is 0.0250. The van der Waals surface area contributed by atoms with Crippen molar-refractivity contribution in [2.45, 2.75) is 28.7 Å². The van der Waals surface area contributed by atoms with Gasteiger partial charge in [0.05, 0.1) is 0 Å². The Morgan fingerprint density at radius 1 is 1.15 bits per heavy atom. The molecule has 1 saturated heterocycles. The van der Waals surface area contributed by atoms with E-state index >= 15 is 0 Å². The van der Waals surface area contributed by atoms with E-state index in [1.165, 1.54) is 11.3 Å². The second kappa shape index (κ2) is 8.41. The van der Waals surface area contributed by atoms with Crippen molar-refractivity contribution >= 4 is 38.8 Å². The van der Waals surface area contributed by atoms with Gasteiger partial charge in [-0.15, -0.1) is 11.3 Å². The summed E-state index contributed by atoms with van der Waals surface area (Å²) in [5, 5.41) is 4.23. The molecule has 1 aliphatic rings. The van der Waals surface area contributed by atoms with Gasteiger partial charge >= 0.3 is 6.03 Å². The summed E-state index contributed by atoms with van der Waals surface area (Å²) in [6.45, 7) is 1.46. The fourth-order valence-electron chi connectivity index (χ4n) is 3.04. The monoisotopic (exact) mass is 412 g/mol. The lowest BCUT2D eigenvalue weighted by molar-refractivity contribution is 0.186. The van der Waals surface area contributed by atoms with E-state index in [1.807, 2.05) is 0 Å². The van der Waals surface area contributed by atoms with Crippen molar-refractivity contribution in [3.63, 3.8) is 0 Å². The van der Waals surface area contributed by atoms with Crippen LogP contribution in [0.4, 0.5) is 4.79 Å². The number of piperidine rings is 1. The number of hydrogen-bond donors (Lipinski definition) is 1. The molecule has 0 spiro atoms. The number of benzene rings is 1. The summed E-state index contributed by atoms with van der Waals surface area (Å²) >= 11 is 7.12. The predicted octanol–water partition coefficient (Wildman–Crippen LogP) is 4.11. The number of sulfone groups is 1. The van der Waals surface area contributed by atoms with Gasteiger partial charge in [0.25, 0.3) is 0 Å². The van der Waals surface area contributed by atoms with Crippen molar-refractivity contribution in [3.8, 4) is 0 Å². The Morgan fingerprint density at radius 3 is 2.46 bits per heavy atom. The van der Waals surface area contributed by atoms with Gasteiger partial charge in [-0.2, -0.15) is 0 Å². The van der Waals surface area contributed by atoms with Gasteiger partial charge in [0.15, 0.2) is 9.84 Å². The van der Waals surface area contributed by atoms with Crippen LogP contribution in [0, 0.1) is 0 Å². The lowest BCUT2D eigenvalue weighted by Crippen LogP contribution is -2.44. The molecule has 0 aliphatic carbocycles. The summed E-state index contributed by atoms with van der Waals surface area (Å²) in [7, 11) is -3.61. The van der Waals surface area contributed by atoms with Crippen LogP contribution in [0.5, 0.6) is 0 Å². The van der Waals surface area contributed by atoms with Crippen LogP contribution in [0.15, 0.2) is 46.0 Å². The molecule has 1 N–H and O–H groups in total. The van der Waals surface area contributed by atoms with E-state index in [1.54, 1.807) is 46.7 Å². The number of carbonyl (C=O) groups is 1. The van der Waals surface area contributed by atoms with Gasteiger partial charge < -0.3 is 10.2 Å². The van der Waals surface area contributed by atoms with Crippen LogP contribution < -0.4 is 5.32 Å². The van der Waals surface area contributed by atoms with E-state index in [0.29, 0.717) is 14.8 Å².